The maximum absolute atomic E-state index is 12.0. The lowest BCUT2D eigenvalue weighted by molar-refractivity contribution is 0.173. The zero-order valence-corrected chi connectivity index (χ0v) is 20.5. The fraction of sp³-hybridized carbons (Fsp3) is 0.682. The van der Waals surface area contributed by atoms with E-state index >= 15 is 0 Å². The molecule has 30 heavy (non-hydrogen) atoms. The average Bonchev–Trinajstić information content (AvgIpc) is 2.63. The summed E-state index contributed by atoms with van der Waals surface area (Å²) in [4.78, 5) is 6.76. The Balaban J connectivity index is 2.45. The highest BCUT2D eigenvalue weighted by atomic mass is 32.2. The number of guanidine groups is 1. The van der Waals surface area contributed by atoms with E-state index < -0.39 is 10.0 Å². The van der Waals surface area contributed by atoms with Crippen LogP contribution in [0.2, 0.25) is 0 Å². The highest BCUT2D eigenvalue weighted by molar-refractivity contribution is 7.88. The van der Waals surface area contributed by atoms with Gasteiger partial charge in [0.25, 0.3) is 0 Å². The zero-order chi connectivity index (χ0) is 22.7. The Labute approximate surface area is 183 Å². The molecule has 3 N–H and O–H groups in total. The van der Waals surface area contributed by atoms with Crippen LogP contribution < -0.4 is 15.4 Å². The molecule has 7 nitrogen and oxygen atoms in total. The summed E-state index contributed by atoms with van der Waals surface area (Å²) in [6.45, 7) is 15.1. The van der Waals surface area contributed by atoms with Gasteiger partial charge in [-0.1, -0.05) is 24.3 Å². The number of hydrogen-bond donors (Lipinski definition) is 3. The highest BCUT2D eigenvalue weighted by Gasteiger charge is 2.13. The molecule has 1 rings (SSSR count). The Morgan fingerprint density at radius 3 is 2.03 bits per heavy atom. The van der Waals surface area contributed by atoms with E-state index in [1.807, 2.05) is 38.1 Å². The third-order valence-corrected chi connectivity index (χ3v) is 6.23. The van der Waals surface area contributed by atoms with E-state index in [-0.39, 0.29) is 11.8 Å². The van der Waals surface area contributed by atoms with Gasteiger partial charge >= 0.3 is 0 Å². The fourth-order valence-electron chi connectivity index (χ4n) is 3.36. The van der Waals surface area contributed by atoms with Gasteiger partial charge in [0.15, 0.2) is 5.96 Å². The van der Waals surface area contributed by atoms with E-state index in [0.29, 0.717) is 18.6 Å². The maximum Gasteiger partial charge on any atom is 0.216 e. The summed E-state index contributed by atoms with van der Waals surface area (Å²) in [5.74, 6) is 0.759. The molecule has 1 aromatic carbocycles. The normalized spacial score (nSPS) is 13.0. The van der Waals surface area contributed by atoms with E-state index in [1.54, 1.807) is 7.05 Å². The van der Waals surface area contributed by atoms with Crippen LogP contribution >= 0.6 is 0 Å². The number of benzene rings is 1. The van der Waals surface area contributed by atoms with E-state index in [4.69, 9.17) is 0 Å². The van der Waals surface area contributed by atoms with Gasteiger partial charge in [-0.05, 0) is 59.1 Å². The zero-order valence-electron chi connectivity index (χ0n) is 19.7. The second kappa shape index (κ2) is 12.9. The highest BCUT2D eigenvalue weighted by Crippen LogP contribution is 2.08. The van der Waals surface area contributed by atoms with Crippen LogP contribution in [-0.2, 0) is 22.3 Å². The van der Waals surface area contributed by atoms with E-state index in [9.17, 15) is 8.42 Å². The Morgan fingerprint density at radius 2 is 1.53 bits per heavy atom. The van der Waals surface area contributed by atoms with Gasteiger partial charge in [-0.3, -0.25) is 9.89 Å². The van der Waals surface area contributed by atoms with Gasteiger partial charge in [0.1, 0.15) is 0 Å². The Kier molecular flexibility index (Phi) is 11.4. The van der Waals surface area contributed by atoms with Crippen molar-refractivity contribution < 1.29 is 8.42 Å². The lowest BCUT2D eigenvalue weighted by Gasteiger charge is -2.30. The largest absolute Gasteiger partial charge is 0.356 e. The van der Waals surface area contributed by atoms with Gasteiger partial charge in [-0.15, -0.1) is 0 Å². The third-order valence-electron chi connectivity index (χ3n) is 4.69. The first-order valence-electron chi connectivity index (χ1n) is 10.8. The van der Waals surface area contributed by atoms with Crippen LogP contribution in [0.1, 0.15) is 59.1 Å². The van der Waals surface area contributed by atoms with Crippen molar-refractivity contribution in [1.82, 2.24) is 20.3 Å². The fourth-order valence-corrected chi connectivity index (χ4v) is 4.79. The monoisotopic (exact) mass is 439 g/mol. The molecule has 0 heterocycles. The number of nitrogens with zero attached hydrogens (tertiary/aromatic N) is 2. The molecule has 0 amide bonds. The molecule has 0 aromatic heterocycles. The van der Waals surface area contributed by atoms with Crippen molar-refractivity contribution in [2.24, 2.45) is 4.99 Å². The molecule has 8 heteroatoms. The summed E-state index contributed by atoms with van der Waals surface area (Å²) >= 11 is 0. The standard InChI is InChI=1S/C22H41N5O2S/c1-17(2)26-30(28,29)16-21-11-9-20(10-12-21)15-25-22(23-7)24-13-8-14-27(18(3)4)19(5)6/h9-12,17-19,26H,8,13-16H2,1-7H3,(H2,23,24,25). The van der Waals surface area contributed by atoms with E-state index in [2.05, 4.69) is 52.9 Å². The van der Waals surface area contributed by atoms with Gasteiger partial charge in [0.05, 0.1) is 5.75 Å². The summed E-state index contributed by atoms with van der Waals surface area (Å²) in [6.07, 6.45) is 1.05. The summed E-state index contributed by atoms with van der Waals surface area (Å²) in [5.41, 5.74) is 1.84. The summed E-state index contributed by atoms with van der Waals surface area (Å²) < 4.78 is 26.7. The van der Waals surface area contributed by atoms with Crippen LogP contribution in [0.25, 0.3) is 0 Å². The van der Waals surface area contributed by atoms with Crippen LogP contribution in [-0.4, -0.2) is 57.5 Å². The molecule has 0 saturated heterocycles. The van der Waals surface area contributed by atoms with Crippen molar-refractivity contribution in [1.29, 1.82) is 0 Å². The van der Waals surface area contributed by atoms with Crippen LogP contribution in [0.5, 0.6) is 0 Å². The quantitative estimate of drug-likeness (QED) is 0.265. The summed E-state index contributed by atoms with van der Waals surface area (Å²) in [6, 6.07) is 8.60. The second-order valence-corrected chi connectivity index (χ2v) is 10.2. The summed E-state index contributed by atoms with van der Waals surface area (Å²) in [5, 5.41) is 6.67. The van der Waals surface area contributed by atoms with Crippen molar-refractivity contribution >= 4 is 16.0 Å². The van der Waals surface area contributed by atoms with Crippen molar-refractivity contribution in [3.63, 3.8) is 0 Å². The van der Waals surface area contributed by atoms with Gasteiger partial charge < -0.3 is 10.6 Å². The lowest BCUT2D eigenvalue weighted by Crippen LogP contribution is -2.41. The molecule has 0 radical (unpaired) electrons. The predicted octanol–water partition coefficient (Wildman–Crippen LogP) is 2.69. The number of nitrogens with one attached hydrogen (secondary N) is 3. The molecule has 0 aliphatic carbocycles. The van der Waals surface area contributed by atoms with Crippen molar-refractivity contribution in [3.05, 3.63) is 35.4 Å². The number of rotatable bonds is 12. The predicted molar refractivity (Wildman–Crippen MR) is 127 cm³/mol. The molecule has 0 unspecified atom stereocenters. The number of aliphatic imine (C=N–C) groups is 1. The van der Waals surface area contributed by atoms with Crippen molar-refractivity contribution in [3.8, 4) is 0 Å². The minimum Gasteiger partial charge on any atom is -0.356 e. The van der Waals surface area contributed by atoms with Gasteiger partial charge in [0, 0.05) is 44.8 Å². The molecule has 0 aliphatic rings. The Hall–Kier alpha value is -1.64. The second-order valence-electron chi connectivity index (χ2n) is 8.48. The van der Waals surface area contributed by atoms with Gasteiger partial charge in [-0.2, -0.15) is 0 Å². The molecule has 0 saturated carbocycles. The van der Waals surface area contributed by atoms with Crippen molar-refractivity contribution in [2.45, 2.75) is 78.4 Å². The molecular formula is C22H41N5O2S. The molecule has 0 bridgehead atoms. The molecule has 0 aliphatic heterocycles. The van der Waals surface area contributed by atoms with Crippen LogP contribution in [0.4, 0.5) is 0 Å². The topological polar surface area (TPSA) is 85.8 Å². The first-order valence-corrected chi connectivity index (χ1v) is 12.5. The van der Waals surface area contributed by atoms with Crippen LogP contribution in [0.3, 0.4) is 0 Å². The first kappa shape index (κ1) is 26.4. The first-order chi connectivity index (χ1) is 14.0. The number of hydrogen-bond acceptors (Lipinski definition) is 4. The molecule has 1 aromatic rings. The van der Waals surface area contributed by atoms with E-state index in [1.165, 1.54) is 0 Å². The minimum atomic E-state index is -3.30. The Morgan fingerprint density at radius 1 is 0.967 bits per heavy atom. The SMILES string of the molecule is CN=C(NCCCN(C(C)C)C(C)C)NCc1ccc(CS(=O)(=O)NC(C)C)cc1. The smallest absolute Gasteiger partial charge is 0.216 e. The molecule has 0 fully saturated rings. The average molecular weight is 440 g/mol. The minimum absolute atomic E-state index is 0.00805. The van der Waals surface area contributed by atoms with Crippen LogP contribution in [0.15, 0.2) is 29.3 Å². The third kappa shape index (κ3) is 10.4. The molecular weight excluding hydrogens is 398 g/mol. The maximum atomic E-state index is 12.0. The summed E-state index contributed by atoms with van der Waals surface area (Å²) in [7, 11) is -1.54. The van der Waals surface area contributed by atoms with Gasteiger partial charge in [0.2, 0.25) is 10.0 Å². The molecule has 172 valence electrons. The molecule has 0 atom stereocenters. The molecule has 0 spiro atoms. The van der Waals surface area contributed by atoms with Gasteiger partial charge in [-0.25, -0.2) is 13.1 Å². The van der Waals surface area contributed by atoms with Crippen molar-refractivity contribution in [2.75, 3.05) is 20.1 Å². The number of sulfonamides is 1. The lowest BCUT2D eigenvalue weighted by atomic mass is 10.1. The Bertz CT molecular complexity index is 735. The van der Waals surface area contributed by atoms with Crippen LogP contribution in [0, 0.1) is 0 Å². The van der Waals surface area contributed by atoms with E-state index in [0.717, 1.165) is 36.6 Å².